The van der Waals surface area contributed by atoms with Gasteiger partial charge in [0.1, 0.15) is 16.6 Å². The highest BCUT2D eigenvalue weighted by Gasteiger charge is 2.27. The summed E-state index contributed by atoms with van der Waals surface area (Å²) in [6.07, 6.45) is 3.62. The van der Waals surface area contributed by atoms with Crippen molar-refractivity contribution in [2.45, 2.75) is 12.6 Å². The molecule has 1 saturated heterocycles. The first-order chi connectivity index (χ1) is 11.4. The molecule has 3 heterocycles. The molecule has 1 aliphatic rings. The predicted octanol–water partition coefficient (Wildman–Crippen LogP) is 1.56. The zero-order valence-corrected chi connectivity index (χ0v) is 14.0. The van der Waals surface area contributed by atoms with Gasteiger partial charge in [-0.15, -0.1) is 11.3 Å². The van der Waals surface area contributed by atoms with Crippen LogP contribution in [0.5, 0.6) is 0 Å². The molecular formula is C15H21N5O2S. The maximum Gasteiger partial charge on any atom is 0.150 e. The molecule has 0 unspecified atom stereocenters. The van der Waals surface area contributed by atoms with E-state index < -0.39 is 0 Å². The molecule has 0 radical (unpaired) electrons. The first-order valence-electron chi connectivity index (χ1n) is 7.62. The van der Waals surface area contributed by atoms with Gasteiger partial charge in [-0.3, -0.25) is 4.90 Å². The van der Waals surface area contributed by atoms with Crippen LogP contribution in [0.1, 0.15) is 16.9 Å². The number of ether oxygens (including phenoxy) is 2. The zero-order chi connectivity index (χ0) is 15.9. The molecule has 1 fully saturated rings. The van der Waals surface area contributed by atoms with Gasteiger partial charge in [0.2, 0.25) is 0 Å². The van der Waals surface area contributed by atoms with Crippen molar-refractivity contribution in [3.8, 4) is 0 Å². The predicted molar refractivity (Wildman–Crippen MR) is 88.5 cm³/mol. The van der Waals surface area contributed by atoms with E-state index in [1.807, 2.05) is 17.6 Å². The van der Waals surface area contributed by atoms with Gasteiger partial charge in [-0.05, 0) is 6.07 Å². The van der Waals surface area contributed by atoms with Gasteiger partial charge in [0, 0.05) is 38.0 Å². The average molecular weight is 335 g/mol. The van der Waals surface area contributed by atoms with Crippen LogP contribution in [-0.2, 0) is 16.0 Å². The fraction of sp³-hybridized carbons (Fsp3) is 0.533. The Bertz CT molecular complexity index is 595. The smallest absolute Gasteiger partial charge is 0.150 e. The number of nitrogens with one attached hydrogen (secondary N) is 1. The second-order valence-corrected chi connectivity index (χ2v) is 6.19. The van der Waals surface area contributed by atoms with Gasteiger partial charge in [0.25, 0.3) is 0 Å². The number of morpholine rings is 1. The number of nitrogens with zero attached hydrogens (tertiary/aromatic N) is 4. The minimum Gasteiger partial charge on any atom is -0.383 e. The van der Waals surface area contributed by atoms with E-state index in [0.717, 1.165) is 42.9 Å². The molecule has 0 amide bonds. The van der Waals surface area contributed by atoms with E-state index >= 15 is 0 Å². The van der Waals surface area contributed by atoms with Crippen molar-refractivity contribution < 1.29 is 9.47 Å². The average Bonchev–Trinajstić information content (AvgIpc) is 3.09. The van der Waals surface area contributed by atoms with E-state index in [1.165, 1.54) is 0 Å². The lowest BCUT2D eigenvalue weighted by atomic mass is 10.2. The van der Waals surface area contributed by atoms with Crippen LogP contribution in [0, 0.1) is 0 Å². The molecule has 1 atom stereocenters. The minimum absolute atomic E-state index is 0.0526. The van der Waals surface area contributed by atoms with Crippen molar-refractivity contribution in [1.29, 1.82) is 0 Å². The van der Waals surface area contributed by atoms with Crippen LogP contribution in [0.2, 0.25) is 0 Å². The Morgan fingerprint density at radius 1 is 1.43 bits per heavy atom. The standard InChI is InChI=1S/C15H21N5O2S/c1-21-7-4-16-13-2-3-18-15(19-13)12-11-22-8-6-20(12)10-14-17-5-9-23-14/h2-3,5,9,12H,4,6-8,10-11H2,1H3,(H,16,18,19)/t12-/m0/s1. The van der Waals surface area contributed by atoms with E-state index in [0.29, 0.717) is 13.2 Å². The van der Waals surface area contributed by atoms with Gasteiger partial charge in [0.05, 0.1) is 32.4 Å². The molecule has 2 aromatic rings. The highest BCUT2D eigenvalue weighted by molar-refractivity contribution is 7.09. The van der Waals surface area contributed by atoms with Gasteiger partial charge in [-0.2, -0.15) is 0 Å². The third-order valence-electron chi connectivity index (χ3n) is 3.65. The zero-order valence-electron chi connectivity index (χ0n) is 13.1. The SMILES string of the molecule is COCCNc1ccnc([C@@H]2COCCN2Cc2nccs2)n1. The molecule has 7 nitrogen and oxygen atoms in total. The van der Waals surface area contributed by atoms with Crippen molar-refractivity contribution in [2.75, 3.05) is 45.3 Å². The first kappa shape index (κ1) is 16.3. The Hall–Kier alpha value is -1.61. The third-order valence-corrected chi connectivity index (χ3v) is 4.41. The highest BCUT2D eigenvalue weighted by atomic mass is 32.1. The van der Waals surface area contributed by atoms with Gasteiger partial charge in [-0.25, -0.2) is 15.0 Å². The van der Waals surface area contributed by atoms with Gasteiger partial charge in [0.15, 0.2) is 0 Å². The van der Waals surface area contributed by atoms with Crippen molar-refractivity contribution in [1.82, 2.24) is 19.9 Å². The number of hydrogen-bond acceptors (Lipinski definition) is 8. The van der Waals surface area contributed by atoms with Gasteiger partial charge < -0.3 is 14.8 Å². The van der Waals surface area contributed by atoms with E-state index in [9.17, 15) is 0 Å². The van der Waals surface area contributed by atoms with Gasteiger partial charge in [-0.1, -0.05) is 0 Å². The number of hydrogen-bond donors (Lipinski definition) is 1. The van der Waals surface area contributed by atoms with E-state index in [4.69, 9.17) is 9.47 Å². The van der Waals surface area contributed by atoms with Crippen molar-refractivity contribution >= 4 is 17.2 Å². The molecule has 0 aliphatic carbocycles. The van der Waals surface area contributed by atoms with Crippen LogP contribution in [-0.4, -0.2) is 59.9 Å². The Balaban J connectivity index is 1.70. The molecule has 1 N–H and O–H groups in total. The monoisotopic (exact) mass is 335 g/mol. The summed E-state index contributed by atoms with van der Waals surface area (Å²) in [6, 6.07) is 1.92. The molecule has 23 heavy (non-hydrogen) atoms. The quantitative estimate of drug-likeness (QED) is 0.770. The molecule has 0 spiro atoms. The van der Waals surface area contributed by atoms with Crippen LogP contribution < -0.4 is 5.32 Å². The molecule has 0 aromatic carbocycles. The lowest BCUT2D eigenvalue weighted by Gasteiger charge is -2.33. The molecule has 3 rings (SSSR count). The fourth-order valence-corrected chi connectivity index (χ4v) is 3.12. The summed E-state index contributed by atoms with van der Waals surface area (Å²) >= 11 is 1.67. The molecule has 124 valence electrons. The lowest BCUT2D eigenvalue weighted by molar-refractivity contribution is -0.0159. The number of methoxy groups -OCH3 is 1. The third kappa shape index (κ3) is 4.44. The highest BCUT2D eigenvalue weighted by Crippen LogP contribution is 2.24. The molecule has 0 bridgehead atoms. The second-order valence-electron chi connectivity index (χ2n) is 5.21. The number of aromatic nitrogens is 3. The normalized spacial score (nSPS) is 18.9. The van der Waals surface area contributed by atoms with Crippen LogP contribution in [0.15, 0.2) is 23.8 Å². The summed E-state index contributed by atoms with van der Waals surface area (Å²) in [6.45, 7) is 4.35. The van der Waals surface area contributed by atoms with Crippen molar-refractivity contribution in [2.24, 2.45) is 0 Å². The topological polar surface area (TPSA) is 72.4 Å². The summed E-state index contributed by atoms with van der Waals surface area (Å²) in [5.41, 5.74) is 0. The van der Waals surface area contributed by atoms with Crippen LogP contribution >= 0.6 is 11.3 Å². The Labute approximate surface area is 139 Å². The van der Waals surface area contributed by atoms with E-state index in [2.05, 4.69) is 25.2 Å². The second kappa shape index (κ2) is 8.30. The lowest BCUT2D eigenvalue weighted by Crippen LogP contribution is -2.39. The summed E-state index contributed by atoms with van der Waals surface area (Å²) < 4.78 is 10.7. The van der Waals surface area contributed by atoms with Crippen molar-refractivity contribution in [3.63, 3.8) is 0 Å². The van der Waals surface area contributed by atoms with Crippen LogP contribution in [0.4, 0.5) is 5.82 Å². The number of rotatable bonds is 7. The summed E-state index contributed by atoms with van der Waals surface area (Å²) in [4.78, 5) is 15.8. The first-order valence-corrected chi connectivity index (χ1v) is 8.50. The summed E-state index contributed by atoms with van der Waals surface area (Å²) in [5, 5.41) is 6.34. The Morgan fingerprint density at radius 3 is 3.22 bits per heavy atom. The van der Waals surface area contributed by atoms with E-state index in [1.54, 1.807) is 24.6 Å². The fourth-order valence-electron chi connectivity index (χ4n) is 2.48. The Kier molecular flexibility index (Phi) is 5.87. The molecule has 0 saturated carbocycles. The number of thiazole rings is 1. The van der Waals surface area contributed by atoms with E-state index in [-0.39, 0.29) is 6.04 Å². The largest absolute Gasteiger partial charge is 0.383 e. The minimum atomic E-state index is 0.0526. The summed E-state index contributed by atoms with van der Waals surface area (Å²) in [7, 11) is 1.68. The van der Waals surface area contributed by atoms with Crippen molar-refractivity contribution in [3.05, 3.63) is 34.7 Å². The maximum absolute atomic E-state index is 5.65. The van der Waals surface area contributed by atoms with Crippen LogP contribution in [0.25, 0.3) is 0 Å². The van der Waals surface area contributed by atoms with Crippen LogP contribution in [0.3, 0.4) is 0 Å². The summed E-state index contributed by atoms with van der Waals surface area (Å²) in [5.74, 6) is 1.59. The molecule has 1 aliphatic heterocycles. The van der Waals surface area contributed by atoms with Gasteiger partial charge >= 0.3 is 0 Å². The number of anilines is 1. The Morgan fingerprint density at radius 2 is 2.39 bits per heavy atom. The molecular weight excluding hydrogens is 314 g/mol. The molecule has 8 heteroatoms. The maximum atomic E-state index is 5.65. The molecule has 2 aromatic heterocycles.